The van der Waals surface area contributed by atoms with E-state index in [2.05, 4.69) is 5.32 Å². The minimum atomic E-state index is -4.18. The van der Waals surface area contributed by atoms with Crippen LogP contribution >= 0.6 is 23.2 Å². The summed E-state index contributed by atoms with van der Waals surface area (Å²) in [6.45, 7) is 7.60. The van der Waals surface area contributed by atoms with Gasteiger partial charge in [-0.2, -0.15) is 0 Å². The molecule has 1 N–H and O–H groups in total. The van der Waals surface area contributed by atoms with Crippen LogP contribution in [-0.2, 0) is 32.6 Å². The van der Waals surface area contributed by atoms with E-state index in [9.17, 15) is 18.0 Å². The van der Waals surface area contributed by atoms with Crippen LogP contribution in [0.25, 0.3) is 0 Å². The van der Waals surface area contributed by atoms with E-state index in [-0.39, 0.29) is 29.7 Å². The molecule has 2 amide bonds. The highest BCUT2D eigenvalue weighted by Gasteiger charge is 2.35. The summed E-state index contributed by atoms with van der Waals surface area (Å²) in [5, 5.41) is 3.74. The maximum atomic E-state index is 14.6. The summed E-state index contributed by atoms with van der Waals surface area (Å²) < 4.78 is 29.4. The van der Waals surface area contributed by atoms with E-state index in [4.69, 9.17) is 23.2 Å². The highest BCUT2D eigenvalue weighted by molar-refractivity contribution is 7.92. The molecule has 0 saturated heterocycles. The third-order valence-electron chi connectivity index (χ3n) is 7.70. The van der Waals surface area contributed by atoms with Crippen LogP contribution in [0.4, 0.5) is 5.69 Å². The summed E-state index contributed by atoms with van der Waals surface area (Å²) in [5.74, 6) is -0.739. The van der Waals surface area contributed by atoms with Crippen molar-refractivity contribution in [1.82, 2.24) is 10.2 Å². The van der Waals surface area contributed by atoms with Crippen LogP contribution in [-0.4, -0.2) is 44.3 Å². The van der Waals surface area contributed by atoms with Gasteiger partial charge >= 0.3 is 0 Å². The van der Waals surface area contributed by atoms with Gasteiger partial charge in [0.15, 0.2) is 0 Å². The van der Waals surface area contributed by atoms with Gasteiger partial charge in [-0.3, -0.25) is 13.9 Å². The predicted octanol–water partition coefficient (Wildman–Crippen LogP) is 7.22. The summed E-state index contributed by atoms with van der Waals surface area (Å²) >= 11 is 12.8. The Morgan fingerprint density at radius 2 is 1.48 bits per heavy atom. The monoisotopic (exact) mass is 679 g/mol. The number of halogens is 2. The van der Waals surface area contributed by atoms with Gasteiger partial charge in [-0.05, 0) is 78.4 Å². The summed E-state index contributed by atoms with van der Waals surface area (Å²) in [6, 6.07) is 26.6. The summed E-state index contributed by atoms with van der Waals surface area (Å²) in [7, 11) is -4.18. The average Bonchev–Trinajstić information content (AvgIpc) is 3.03. The number of sulfonamides is 1. The van der Waals surface area contributed by atoms with Gasteiger partial charge in [0.25, 0.3) is 10.0 Å². The molecule has 4 aromatic carbocycles. The minimum Gasteiger partial charge on any atom is -0.354 e. The second kappa shape index (κ2) is 15.6. The number of carbonyl (C=O) groups excluding carboxylic acids is 2. The van der Waals surface area contributed by atoms with Gasteiger partial charge in [0.05, 0.1) is 10.6 Å². The van der Waals surface area contributed by atoms with Crippen molar-refractivity contribution in [3.05, 3.63) is 129 Å². The Kier molecular flexibility index (Phi) is 11.9. The molecule has 4 aromatic rings. The summed E-state index contributed by atoms with van der Waals surface area (Å²) in [5.41, 5.74) is 3.61. The zero-order chi connectivity index (χ0) is 33.4. The molecule has 0 radical (unpaired) electrons. The molecule has 7 nitrogen and oxygen atoms in total. The Morgan fingerprint density at radius 3 is 2.09 bits per heavy atom. The normalized spacial score (nSPS) is 12.1. The first-order valence-electron chi connectivity index (χ1n) is 15.1. The van der Waals surface area contributed by atoms with E-state index >= 15 is 0 Å². The number of rotatable bonds is 13. The van der Waals surface area contributed by atoms with Crippen LogP contribution in [0.15, 0.2) is 102 Å². The lowest BCUT2D eigenvalue weighted by atomic mass is 10.0. The molecular weight excluding hydrogens is 641 g/mol. The molecular formula is C36H39Cl2N3O4S. The Morgan fingerprint density at radius 1 is 0.826 bits per heavy atom. The van der Waals surface area contributed by atoms with Gasteiger partial charge in [0, 0.05) is 29.6 Å². The largest absolute Gasteiger partial charge is 0.354 e. The molecule has 1 atom stereocenters. The number of nitrogens with zero attached hydrogens (tertiary/aromatic N) is 2. The van der Waals surface area contributed by atoms with E-state index in [1.54, 1.807) is 48.5 Å². The van der Waals surface area contributed by atoms with Crippen LogP contribution in [0.1, 0.15) is 36.1 Å². The first kappa shape index (κ1) is 35.0. The Hall–Kier alpha value is -3.85. The fraction of sp³-hybridized carbons (Fsp3) is 0.278. The number of amides is 2. The highest BCUT2D eigenvalue weighted by Crippen LogP contribution is 2.28. The molecule has 0 aliphatic heterocycles. The number of anilines is 1. The second-order valence-corrected chi connectivity index (χ2v) is 14.4. The van der Waals surface area contributed by atoms with Crippen molar-refractivity contribution in [2.45, 2.75) is 51.6 Å². The number of nitrogens with one attached hydrogen (secondary N) is 1. The fourth-order valence-electron chi connectivity index (χ4n) is 4.94. The van der Waals surface area contributed by atoms with Crippen LogP contribution < -0.4 is 9.62 Å². The second-order valence-electron chi connectivity index (χ2n) is 11.7. The molecule has 0 spiro atoms. The van der Waals surface area contributed by atoms with E-state index in [0.717, 1.165) is 21.0 Å². The number of carbonyl (C=O) groups is 2. The lowest BCUT2D eigenvalue weighted by Gasteiger charge is -2.34. The molecule has 0 fully saturated rings. The van der Waals surface area contributed by atoms with Crippen molar-refractivity contribution >= 4 is 50.7 Å². The van der Waals surface area contributed by atoms with E-state index in [1.807, 2.05) is 64.1 Å². The fourth-order valence-corrected chi connectivity index (χ4v) is 6.83. The zero-order valence-electron chi connectivity index (χ0n) is 26.4. The van der Waals surface area contributed by atoms with E-state index < -0.39 is 28.5 Å². The quantitative estimate of drug-likeness (QED) is 0.162. The number of benzene rings is 4. The Labute approximate surface area is 282 Å². The molecule has 0 bridgehead atoms. The van der Waals surface area contributed by atoms with Gasteiger partial charge in [0.2, 0.25) is 11.8 Å². The molecule has 4 rings (SSSR count). The molecule has 0 aliphatic carbocycles. The first-order valence-corrected chi connectivity index (χ1v) is 17.3. The average molecular weight is 681 g/mol. The Bertz CT molecular complexity index is 1770. The zero-order valence-corrected chi connectivity index (χ0v) is 28.7. The number of hydrogen-bond donors (Lipinski definition) is 1. The van der Waals surface area contributed by atoms with Crippen molar-refractivity contribution in [3.8, 4) is 0 Å². The Balaban J connectivity index is 1.83. The first-order chi connectivity index (χ1) is 21.9. The van der Waals surface area contributed by atoms with Gasteiger partial charge in [0.1, 0.15) is 12.6 Å². The minimum absolute atomic E-state index is 0.0452. The van der Waals surface area contributed by atoms with Gasteiger partial charge in [-0.15, -0.1) is 0 Å². The molecule has 0 heterocycles. The van der Waals surface area contributed by atoms with Crippen LogP contribution in [0, 0.1) is 19.8 Å². The standard InChI is InChI=1S/C36H39Cl2N3O4S/c1-25(2)22-39-36(43)34(20-28-11-7-5-8-12-28)40(23-29-16-17-30(37)21-33(29)38)35(42)24-41(31-18-15-26(3)27(4)19-31)46(44,45)32-13-9-6-10-14-32/h5-19,21,25,34H,20,22-24H2,1-4H3,(H,39,43)/t34-/m0/s1. The maximum Gasteiger partial charge on any atom is 0.264 e. The summed E-state index contributed by atoms with van der Waals surface area (Å²) in [6.07, 6.45) is 0.205. The topological polar surface area (TPSA) is 86.8 Å². The van der Waals surface area contributed by atoms with Crippen molar-refractivity contribution in [1.29, 1.82) is 0 Å². The number of hydrogen-bond acceptors (Lipinski definition) is 4. The third-order valence-corrected chi connectivity index (χ3v) is 10.1. The van der Waals surface area contributed by atoms with Crippen molar-refractivity contribution < 1.29 is 18.0 Å². The molecule has 242 valence electrons. The highest BCUT2D eigenvalue weighted by atomic mass is 35.5. The molecule has 0 saturated carbocycles. The maximum absolute atomic E-state index is 14.6. The molecule has 46 heavy (non-hydrogen) atoms. The van der Waals surface area contributed by atoms with Gasteiger partial charge in [-0.1, -0.05) is 97.7 Å². The van der Waals surface area contributed by atoms with Crippen LogP contribution in [0.2, 0.25) is 10.0 Å². The van der Waals surface area contributed by atoms with Crippen molar-refractivity contribution in [2.75, 3.05) is 17.4 Å². The molecule has 0 unspecified atom stereocenters. The van der Waals surface area contributed by atoms with Crippen LogP contribution in [0.5, 0.6) is 0 Å². The van der Waals surface area contributed by atoms with E-state index in [0.29, 0.717) is 27.8 Å². The third kappa shape index (κ3) is 8.90. The lowest BCUT2D eigenvalue weighted by Crippen LogP contribution is -2.53. The van der Waals surface area contributed by atoms with Gasteiger partial charge in [-0.25, -0.2) is 8.42 Å². The molecule has 0 aliphatic rings. The summed E-state index contributed by atoms with van der Waals surface area (Å²) in [4.78, 5) is 29.9. The van der Waals surface area contributed by atoms with Crippen molar-refractivity contribution in [3.63, 3.8) is 0 Å². The predicted molar refractivity (Wildman–Crippen MR) is 186 cm³/mol. The van der Waals surface area contributed by atoms with Gasteiger partial charge < -0.3 is 10.2 Å². The van der Waals surface area contributed by atoms with Crippen molar-refractivity contribution in [2.24, 2.45) is 5.92 Å². The van der Waals surface area contributed by atoms with E-state index in [1.165, 1.54) is 17.0 Å². The lowest BCUT2D eigenvalue weighted by molar-refractivity contribution is -0.140. The number of aryl methyl sites for hydroxylation is 2. The molecule has 10 heteroatoms. The molecule has 0 aromatic heterocycles. The smallest absolute Gasteiger partial charge is 0.264 e. The SMILES string of the molecule is Cc1ccc(N(CC(=O)N(Cc2ccc(Cl)cc2Cl)[C@@H](Cc2ccccc2)C(=O)NCC(C)C)S(=O)(=O)c2ccccc2)cc1C. The van der Waals surface area contributed by atoms with Crippen LogP contribution in [0.3, 0.4) is 0 Å².